The molecule has 1 aromatic carbocycles. The maximum atomic E-state index is 13.2. The second-order valence-corrected chi connectivity index (χ2v) is 9.45. The first kappa shape index (κ1) is 20.9. The lowest BCUT2D eigenvalue weighted by molar-refractivity contribution is -0.137. The first-order valence-electron chi connectivity index (χ1n) is 11.8. The molecular formula is C25H32N6O. The van der Waals surface area contributed by atoms with Crippen molar-refractivity contribution in [3.63, 3.8) is 0 Å². The Morgan fingerprint density at radius 2 is 1.59 bits per heavy atom. The van der Waals surface area contributed by atoms with Crippen LogP contribution in [-0.4, -0.2) is 56.9 Å². The van der Waals surface area contributed by atoms with Crippen LogP contribution in [0.25, 0.3) is 11.0 Å². The van der Waals surface area contributed by atoms with E-state index in [4.69, 9.17) is 4.98 Å². The molecule has 0 unspecified atom stereocenters. The van der Waals surface area contributed by atoms with Gasteiger partial charge < -0.3 is 14.8 Å². The van der Waals surface area contributed by atoms with E-state index in [1.165, 1.54) is 5.56 Å². The summed E-state index contributed by atoms with van der Waals surface area (Å²) < 4.78 is 0. The first-order valence-corrected chi connectivity index (χ1v) is 11.8. The minimum atomic E-state index is 0.114. The summed E-state index contributed by atoms with van der Waals surface area (Å²) in [5.41, 5.74) is 5.37. The Hall–Kier alpha value is -2.96. The van der Waals surface area contributed by atoms with Crippen LogP contribution in [0.4, 0.5) is 5.95 Å². The summed E-state index contributed by atoms with van der Waals surface area (Å²) in [6.45, 7) is 9.43. The number of carbonyl (C=O) groups is 1. The molecule has 0 atom stereocenters. The van der Waals surface area contributed by atoms with Gasteiger partial charge in [0.2, 0.25) is 11.9 Å². The number of H-pyrrole nitrogens is 1. The highest BCUT2D eigenvalue weighted by molar-refractivity contribution is 5.79. The highest BCUT2D eigenvalue weighted by Gasteiger charge is 2.32. The molecule has 2 aliphatic heterocycles. The molecular weight excluding hydrogens is 400 g/mol. The summed E-state index contributed by atoms with van der Waals surface area (Å²) in [6.07, 6.45) is 3.69. The Kier molecular flexibility index (Phi) is 5.57. The molecule has 3 aromatic rings. The molecule has 5 rings (SSSR count). The number of likely N-dealkylation sites (tertiary alicyclic amines) is 1. The maximum Gasteiger partial charge on any atom is 0.225 e. The largest absolute Gasteiger partial charge is 0.342 e. The van der Waals surface area contributed by atoms with Crippen LogP contribution in [0.3, 0.4) is 0 Å². The molecule has 1 amide bonds. The lowest BCUT2D eigenvalue weighted by Gasteiger charge is -2.37. The number of nitrogens with one attached hydrogen (secondary N) is 1. The number of carbonyl (C=O) groups excluding carboxylic acids is 1. The second kappa shape index (κ2) is 8.52. The van der Waals surface area contributed by atoms with Crippen molar-refractivity contribution in [2.45, 2.75) is 52.4 Å². The van der Waals surface area contributed by atoms with Crippen molar-refractivity contribution >= 4 is 22.9 Å². The molecule has 2 fully saturated rings. The Balaban J connectivity index is 1.16. The Bertz CT molecular complexity index is 1100. The molecule has 0 bridgehead atoms. The number of aromatic amines is 1. The van der Waals surface area contributed by atoms with Crippen LogP contribution < -0.4 is 4.90 Å². The van der Waals surface area contributed by atoms with Crippen LogP contribution in [0, 0.1) is 26.7 Å². The average molecular weight is 433 g/mol. The van der Waals surface area contributed by atoms with E-state index in [1.54, 1.807) is 0 Å². The molecule has 2 aliphatic rings. The van der Waals surface area contributed by atoms with E-state index in [0.29, 0.717) is 11.8 Å². The molecule has 0 aliphatic carbocycles. The third-order valence-corrected chi connectivity index (χ3v) is 6.95. The number of hydrogen-bond donors (Lipinski definition) is 1. The van der Waals surface area contributed by atoms with Crippen LogP contribution in [-0.2, 0) is 4.79 Å². The number of nitrogens with zero attached hydrogens (tertiary/aromatic N) is 5. The summed E-state index contributed by atoms with van der Waals surface area (Å²) in [7, 11) is 0. The summed E-state index contributed by atoms with van der Waals surface area (Å²) in [6, 6.07) is 8.33. The van der Waals surface area contributed by atoms with Gasteiger partial charge in [-0.1, -0.05) is 6.07 Å². The van der Waals surface area contributed by atoms with Gasteiger partial charge in [0.05, 0.1) is 11.0 Å². The van der Waals surface area contributed by atoms with Crippen molar-refractivity contribution in [3.05, 3.63) is 47.0 Å². The maximum absolute atomic E-state index is 13.2. The highest BCUT2D eigenvalue weighted by atomic mass is 16.2. The number of aromatic nitrogens is 4. The average Bonchev–Trinajstić information content (AvgIpc) is 3.21. The number of aryl methyl sites for hydroxylation is 3. The molecule has 1 N–H and O–H groups in total. The smallest absolute Gasteiger partial charge is 0.225 e. The molecule has 0 spiro atoms. The molecule has 168 valence electrons. The van der Waals surface area contributed by atoms with E-state index in [0.717, 1.165) is 86.1 Å². The van der Waals surface area contributed by atoms with E-state index in [1.807, 2.05) is 19.9 Å². The quantitative estimate of drug-likeness (QED) is 0.679. The minimum Gasteiger partial charge on any atom is -0.342 e. The van der Waals surface area contributed by atoms with Gasteiger partial charge in [0.1, 0.15) is 5.82 Å². The predicted molar refractivity (Wildman–Crippen MR) is 126 cm³/mol. The fraction of sp³-hybridized carbons (Fsp3) is 0.520. The molecule has 0 radical (unpaired) electrons. The molecule has 7 nitrogen and oxygen atoms in total. The fourth-order valence-electron chi connectivity index (χ4n) is 5.14. The second-order valence-electron chi connectivity index (χ2n) is 9.45. The Morgan fingerprint density at radius 1 is 0.906 bits per heavy atom. The van der Waals surface area contributed by atoms with Crippen molar-refractivity contribution in [3.8, 4) is 0 Å². The predicted octanol–water partition coefficient (Wildman–Crippen LogP) is 3.90. The van der Waals surface area contributed by atoms with Crippen LogP contribution in [0.2, 0.25) is 0 Å². The number of imidazole rings is 1. The zero-order chi connectivity index (χ0) is 22.2. The molecule has 2 saturated heterocycles. The lowest BCUT2D eigenvalue weighted by Crippen LogP contribution is -2.45. The third-order valence-electron chi connectivity index (χ3n) is 6.95. The van der Waals surface area contributed by atoms with Crippen LogP contribution in [0.5, 0.6) is 0 Å². The first-order chi connectivity index (χ1) is 15.5. The summed E-state index contributed by atoms with van der Waals surface area (Å²) in [5, 5.41) is 0. The lowest BCUT2D eigenvalue weighted by atomic mass is 9.92. The molecule has 4 heterocycles. The highest BCUT2D eigenvalue weighted by Crippen LogP contribution is 2.30. The van der Waals surface area contributed by atoms with E-state index in [-0.39, 0.29) is 5.92 Å². The van der Waals surface area contributed by atoms with Gasteiger partial charge in [-0.25, -0.2) is 15.0 Å². The van der Waals surface area contributed by atoms with Gasteiger partial charge in [-0.3, -0.25) is 4.79 Å². The van der Waals surface area contributed by atoms with E-state index in [9.17, 15) is 4.79 Å². The number of amides is 1. The Morgan fingerprint density at radius 3 is 2.28 bits per heavy atom. The van der Waals surface area contributed by atoms with E-state index < -0.39 is 0 Å². The van der Waals surface area contributed by atoms with Crippen molar-refractivity contribution < 1.29 is 4.79 Å². The number of rotatable bonds is 3. The monoisotopic (exact) mass is 432 g/mol. The summed E-state index contributed by atoms with van der Waals surface area (Å²) in [4.78, 5) is 35.0. The van der Waals surface area contributed by atoms with Gasteiger partial charge in [-0.15, -0.1) is 0 Å². The zero-order valence-electron chi connectivity index (χ0n) is 19.3. The number of anilines is 1. The third kappa shape index (κ3) is 4.20. The minimum absolute atomic E-state index is 0.114. The van der Waals surface area contributed by atoms with Crippen molar-refractivity contribution in [2.24, 2.45) is 5.92 Å². The molecule has 7 heteroatoms. The van der Waals surface area contributed by atoms with Gasteiger partial charge in [0, 0.05) is 49.4 Å². The summed E-state index contributed by atoms with van der Waals surface area (Å²) in [5.74, 6) is 2.71. The van der Waals surface area contributed by atoms with Crippen molar-refractivity contribution in [1.82, 2.24) is 24.8 Å². The molecule has 0 saturated carbocycles. The van der Waals surface area contributed by atoms with E-state index >= 15 is 0 Å². The molecule has 2 aromatic heterocycles. The fourth-order valence-corrected chi connectivity index (χ4v) is 5.14. The van der Waals surface area contributed by atoms with Gasteiger partial charge in [-0.05, 0) is 70.2 Å². The molecule has 32 heavy (non-hydrogen) atoms. The van der Waals surface area contributed by atoms with Crippen LogP contribution >= 0.6 is 0 Å². The van der Waals surface area contributed by atoms with Crippen molar-refractivity contribution in [1.29, 1.82) is 0 Å². The summed E-state index contributed by atoms with van der Waals surface area (Å²) >= 11 is 0. The van der Waals surface area contributed by atoms with Crippen molar-refractivity contribution in [2.75, 3.05) is 31.1 Å². The Labute approximate surface area is 189 Å². The SMILES string of the molecule is Cc1ccc2nc(C3CCN(C(=O)C4CCN(c5nc(C)cc(C)n5)CC4)CC3)[nH]c2c1. The standard InChI is InChI=1S/C25H32N6O/c1-16-4-5-21-22(14-16)29-23(28-21)19-6-10-30(11-7-19)24(32)20-8-12-31(13-9-20)25-26-17(2)15-18(3)27-25/h4-5,14-15,19-20H,6-13H2,1-3H3,(H,28,29). The van der Waals surface area contributed by atoms with Crippen LogP contribution in [0.15, 0.2) is 24.3 Å². The number of benzene rings is 1. The number of hydrogen-bond acceptors (Lipinski definition) is 5. The zero-order valence-corrected chi connectivity index (χ0v) is 19.3. The van der Waals surface area contributed by atoms with Gasteiger partial charge in [0.25, 0.3) is 0 Å². The van der Waals surface area contributed by atoms with Gasteiger partial charge in [0.15, 0.2) is 0 Å². The number of piperidine rings is 2. The van der Waals surface area contributed by atoms with E-state index in [2.05, 4.69) is 49.9 Å². The van der Waals surface area contributed by atoms with Gasteiger partial charge in [-0.2, -0.15) is 0 Å². The topological polar surface area (TPSA) is 78.0 Å². The number of fused-ring (bicyclic) bond motifs is 1. The normalized spacial score (nSPS) is 18.5. The van der Waals surface area contributed by atoms with Crippen LogP contribution in [0.1, 0.15) is 54.4 Å². The van der Waals surface area contributed by atoms with Gasteiger partial charge >= 0.3 is 0 Å².